The molecule has 2 unspecified atom stereocenters. The van der Waals surface area contributed by atoms with E-state index in [0.29, 0.717) is 6.54 Å². The maximum Gasteiger partial charge on any atom is 0.224 e. The van der Waals surface area contributed by atoms with Crippen molar-refractivity contribution in [2.24, 2.45) is 11.7 Å². The van der Waals surface area contributed by atoms with Gasteiger partial charge in [0.2, 0.25) is 5.91 Å². The normalized spacial score (nSPS) is 12.7. The largest absolute Gasteiger partial charge is 0.383 e. The molecule has 0 aliphatic heterocycles. The number of methoxy groups -OCH3 is 1. The summed E-state index contributed by atoms with van der Waals surface area (Å²) in [7, 11) is 3.75. The molecule has 0 bridgehead atoms. The van der Waals surface area contributed by atoms with Gasteiger partial charge in [-0.05, 0) is 25.6 Å². The van der Waals surface area contributed by atoms with Crippen LogP contribution in [0.25, 0.3) is 0 Å². The van der Waals surface area contributed by atoms with Crippen LogP contribution < -0.4 is 11.1 Å². The molecule has 0 aliphatic carbocycles. The maximum atomic E-state index is 12.1. The molecular weight excluding hydrogens is 349 g/mol. The van der Waals surface area contributed by atoms with E-state index < -0.39 is 0 Å². The molecule has 7 heteroatoms. The van der Waals surface area contributed by atoms with Crippen molar-refractivity contribution in [3.05, 3.63) is 35.9 Å². The van der Waals surface area contributed by atoms with E-state index in [0.717, 1.165) is 31.7 Å². The lowest BCUT2D eigenvalue weighted by Gasteiger charge is -2.20. The van der Waals surface area contributed by atoms with Gasteiger partial charge in [0.25, 0.3) is 0 Å². The van der Waals surface area contributed by atoms with Crippen molar-refractivity contribution in [2.75, 3.05) is 40.4 Å². The zero-order valence-corrected chi connectivity index (χ0v) is 16.4. The fourth-order valence-corrected chi connectivity index (χ4v) is 2.21. The minimum atomic E-state index is -0.273. The van der Waals surface area contributed by atoms with Crippen molar-refractivity contribution < 1.29 is 9.53 Å². The zero-order valence-electron chi connectivity index (χ0n) is 14.7. The Morgan fingerprint density at radius 3 is 2.46 bits per heavy atom. The lowest BCUT2D eigenvalue weighted by atomic mass is 9.95. The lowest BCUT2D eigenvalue weighted by molar-refractivity contribution is -0.125. The zero-order chi connectivity index (χ0) is 16.4. The molecule has 2 atom stereocenters. The van der Waals surface area contributed by atoms with Crippen molar-refractivity contribution in [3.63, 3.8) is 0 Å². The number of ether oxygens (including phenoxy) is 1. The highest BCUT2D eigenvalue weighted by Crippen LogP contribution is 2.18. The molecule has 0 aromatic heterocycles. The van der Waals surface area contributed by atoms with Gasteiger partial charge < -0.3 is 20.7 Å². The number of likely N-dealkylation sites (N-methyl/N-ethyl adjacent to an activating group) is 1. The Balaban J connectivity index is 0. The van der Waals surface area contributed by atoms with E-state index in [1.54, 1.807) is 7.11 Å². The Kier molecular flexibility index (Phi) is 15.3. The van der Waals surface area contributed by atoms with E-state index >= 15 is 0 Å². The van der Waals surface area contributed by atoms with Crippen molar-refractivity contribution in [1.82, 2.24) is 10.2 Å². The van der Waals surface area contributed by atoms with Crippen LogP contribution in [0.4, 0.5) is 0 Å². The van der Waals surface area contributed by atoms with Crippen LogP contribution in [0.5, 0.6) is 0 Å². The van der Waals surface area contributed by atoms with Gasteiger partial charge >= 0.3 is 0 Å². The van der Waals surface area contributed by atoms with Crippen molar-refractivity contribution in [1.29, 1.82) is 0 Å². The van der Waals surface area contributed by atoms with Gasteiger partial charge in [0.15, 0.2) is 0 Å². The lowest BCUT2D eigenvalue weighted by Crippen LogP contribution is -2.37. The Labute approximate surface area is 158 Å². The Hall–Kier alpha value is -0.850. The molecule has 0 radical (unpaired) electrons. The van der Waals surface area contributed by atoms with Crippen LogP contribution in [0.2, 0.25) is 0 Å². The predicted molar refractivity (Wildman–Crippen MR) is 104 cm³/mol. The Bertz CT molecular complexity index is 435. The highest BCUT2D eigenvalue weighted by molar-refractivity contribution is 5.85. The highest BCUT2D eigenvalue weighted by Gasteiger charge is 2.21. The number of rotatable bonds is 10. The summed E-state index contributed by atoms with van der Waals surface area (Å²) in [5.41, 5.74) is 7.15. The first-order valence-corrected chi connectivity index (χ1v) is 7.82. The van der Waals surface area contributed by atoms with Gasteiger partial charge in [0.1, 0.15) is 0 Å². The number of nitrogens with zero attached hydrogens (tertiary/aromatic N) is 1. The molecule has 1 amide bonds. The first-order valence-electron chi connectivity index (χ1n) is 7.82. The summed E-state index contributed by atoms with van der Waals surface area (Å²) < 4.78 is 5.03. The van der Waals surface area contributed by atoms with E-state index in [2.05, 4.69) is 17.3 Å². The van der Waals surface area contributed by atoms with Crippen LogP contribution in [0, 0.1) is 5.92 Å². The molecule has 140 valence electrons. The minimum Gasteiger partial charge on any atom is -0.383 e. The van der Waals surface area contributed by atoms with Gasteiger partial charge in [-0.15, -0.1) is 24.8 Å². The van der Waals surface area contributed by atoms with Gasteiger partial charge in [-0.25, -0.2) is 0 Å². The van der Waals surface area contributed by atoms with Crippen LogP contribution in [0.3, 0.4) is 0 Å². The molecule has 1 aromatic rings. The molecule has 0 saturated heterocycles. The second-order valence-electron chi connectivity index (χ2n) is 5.67. The van der Waals surface area contributed by atoms with Crippen molar-refractivity contribution in [2.45, 2.75) is 19.4 Å². The van der Waals surface area contributed by atoms with Gasteiger partial charge in [0.05, 0.1) is 12.5 Å². The van der Waals surface area contributed by atoms with E-state index in [4.69, 9.17) is 10.5 Å². The average Bonchev–Trinajstić information content (AvgIpc) is 2.56. The number of nitrogens with two attached hydrogens (primary N) is 1. The van der Waals surface area contributed by atoms with Crippen LogP contribution in [0.1, 0.15) is 24.9 Å². The molecule has 0 heterocycles. The summed E-state index contributed by atoms with van der Waals surface area (Å²) in [6.45, 7) is 5.11. The molecule has 24 heavy (non-hydrogen) atoms. The SMILES string of the molecule is COCCN(C)CCCNC(=O)C(C)C(N)c1ccccc1.Cl.Cl. The predicted octanol–water partition coefficient (Wildman–Crippen LogP) is 2.25. The summed E-state index contributed by atoms with van der Waals surface area (Å²) in [6, 6.07) is 9.47. The summed E-state index contributed by atoms with van der Waals surface area (Å²) >= 11 is 0. The van der Waals surface area contributed by atoms with Gasteiger partial charge in [-0.3, -0.25) is 4.79 Å². The first kappa shape index (κ1) is 25.4. The standard InChI is InChI=1S/C17H29N3O2.2ClH/c1-14(16(18)15-8-5-4-6-9-15)17(21)19-10-7-11-20(2)12-13-22-3;;/h4-6,8-9,14,16H,7,10-13,18H2,1-3H3,(H,19,21);2*1H. The number of carbonyl (C=O) groups excluding carboxylic acids is 1. The van der Waals surface area contributed by atoms with E-state index in [9.17, 15) is 4.79 Å². The second kappa shape index (κ2) is 14.5. The Morgan fingerprint density at radius 1 is 1.25 bits per heavy atom. The number of hydrogen-bond acceptors (Lipinski definition) is 4. The summed E-state index contributed by atoms with van der Waals surface area (Å²) in [6.07, 6.45) is 0.916. The molecule has 1 aromatic carbocycles. The summed E-state index contributed by atoms with van der Waals surface area (Å²) in [5, 5.41) is 2.97. The molecular formula is C17H31Cl2N3O2. The van der Waals surface area contributed by atoms with Gasteiger partial charge in [0, 0.05) is 26.2 Å². The quantitative estimate of drug-likeness (QED) is 0.611. The molecule has 0 fully saturated rings. The van der Waals surface area contributed by atoms with Crippen molar-refractivity contribution in [3.8, 4) is 0 Å². The first-order chi connectivity index (χ1) is 10.6. The third-order valence-corrected chi connectivity index (χ3v) is 3.83. The topological polar surface area (TPSA) is 67.6 Å². The molecule has 5 nitrogen and oxygen atoms in total. The third kappa shape index (κ3) is 9.45. The van der Waals surface area contributed by atoms with Crippen LogP contribution in [0.15, 0.2) is 30.3 Å². The van der Waals surface area contributed by atoms with Crippen LogP contribution in [-0.2, 0) is 9.53 Å². The molecule has 0 aliphatic rings. The molecule has 1 rings (SSSR count). The Morgan fingerprint density at radius 2 is 1.88 bits per heavy atom. The second-order valence-corrected chi connectivity index (χ2v) is 5.67. The number of benzene rings is 1. The number of amides is 1. The van der Waals surface area contributed by atoms with E-state index in [1.165, 1.54) is 0 Å². The summed E-state index contributed by atoms with van der Waals surface area (Å²) in [5.74, 6) is -0.232. The molecule has 3 N–H and O–H groups in total. The average molecular weight is 380 g/mol. The summed E-state index contributed by atoms with van der Waals surface area (Å²) in [4.78, 5) is 14.3. The minimum absolute atomic E-state index is 0. The van der Waals surface area contributed by atoms with Gasteiger partial charge in [-0.2, -0.15) is 0 Å². The maximum absolute atomic E-state index is 12.1. The van der Waals surface area contributed by atoms with E-state index in [1.807, 2.05) is 37.3 Å². The number of nitrogens with one attached hydrogen (secondary N) is 1. The monoisotopic (exact) mass is 379 g/mol. The van der Waals surface area contributed by atoms with Crippen LogP contribution in [-0.4, -0.2) is 51.2 Å². The fourth-order valence-electron chi connectivity index (χ4n) is 2.21. The number of halogens is 2. The smallest absolute Gasteiger partial charge is 0.224 e. The highest BCUT2D eigenvalue weighted by atomic mass is 35.5. The molecule has 0 spiro atoms. The van der Waals surface area contributed by atoms with Crippen LogP contribution >= 0.6 is 24.8 Å². The number of hydrogen-bond donors (Lipinski definition) is 2. The molecule has 0 saturated carbocycles. The van der Waals surface area contributed by atoms with Crippen molar-refractivity contribution >= 4 is 30.7 Å². The third-order valence-electron chi connectivity index (χ3n) is 3.83. The van der Waals surface area contributed by atoms with Gasteiger partial charge in [-0.1, -0.05) is 37.3 Å². The van der Waals surface area contributed by atoms with E-state index in [-0.39, 0.29) is 42.7 Å². The fraction of sp³-hybridized carbons (Fsp3) is 0.588. The number of carbonyl (C=O) groups is 1.